The summed E-state index contributed by atoms with van der Waals surface area (Å²) < 4.78 is 14.5. The lowest BCUT2D eigenvalue weighted by Gasteiger charge is -2.02. The van der Waals surface area contributed by atoms with Gasteiger partial charge in [-0.1, -0.05) is 35.2 Å². The van der Waals surface area contributed by atoms with Crippen LogP contribution in [0.15, 0.2) is 47.9 Å². The minimum atomic E-state index is -0.317. The Morgan fingerprint density at radius 1 is 1.26 bits per heavy atom. The SMILES string of the molecule is O=C(NCc1ccc(F)cc1)c1nnc(CSc2nc3ncccn3n2)s1. The molecular weight excluding hydrogens is 389 g/mol. The van der Waals surface area contributed by atoms with Crippen molar-refractivity contribution < 1.29 is 9.18 Å². The summed E-state index contributed by atoms with van der Waals surface area (Å²) in [5.41, 5.74) is 0.802. The van der Waals surface area contributed by atoms with Gasteiger partial charge in [0.1, 0.15) is 10.8 Å². The predicted octanol–water partition coefficient (Wildman–Crippen LogP) is 2.34. The van der Waals surface area contributed by atoms with Gasteiger partial charge in [-0.2, -0.15) is 4.98 Å². The first-order chi connectivity index (χ1) is 13.2. The van der Waals surface area contributed by atoms with Crippen molar-refractivity contribution in [3.05, 3.63) is 64.1 Å². The van der Waals surface area contributed by atoms with Crippen LogP contribution in [0.1, 0.15) is 20.4 Å². The number of nitrogens with zero attached hydrogens (tertiary/aromatic N) is 6. The monoisotopic (exact) mass is 401 g/mol. The minimum Gasteiger partial charge on any atom is -0.346 e. The van der Waals surface area contributed by atoms with Gasteiger partial charge in [-0.05, 0) is 23.8 Å². The quantitative estimate of drug-likeness (QED) is 0.495. The molecule has 27 heavy (non-hydrogen) atoms. The number of amides is 1. The second-order valence-electron chi connectivity index (χ2n) is 5.36. The van der Waals surface area contributed by atoms with Crippen molar-refractivity contribution in [1.29, 1.82) is 0 Å². The van der Waals surface area contributed by atoms with E-state index in [1.54, 1.807) is 35.1 Å². The third-order valence-electron chi connectivity index (χ3n) is 3.45. The van der Waals surface area contributed by atoms with Gasteiger partial charge in [0.25, 0.3) is 11.7 Å². The van der Waals surface area contributed by atoms with E-state index < -0.39 is 0 Å². The Morgan fingerprint density at radius 3 is 2.93 bits per heavy atom. The third kappa shape index (κ3) is 4.26. The van der Waals surface area contributed by atoms with Crippen molar-refractivity contribution in [1.82, 2.24) is 35.1 Å². The van der Waals surface area contributed by atoms with Crippen molar-refractivity contribution >= 4 is 34.8 Å². The lowest BCUT2D eigenvalue weighted by Crippen LogP contribution is -2.22. The van der Waals surface area contributed by atoms with Gasteiger partial charge in [0.15, 0.2) is 0 Å². The van der Waals surface area contributed by atoms with Crippen LogP contribution in [0.3, 0.4) is 0 Å². The van der Waals surface area contributed by atoms with E-state index in [1.807, 2.05) is 0 Å². The van der Waals surface area contributed by atoms with E-state index in [0.717, 1.165) is 5.56 Å². The molecule has 0 atom stereocenters. The maximum Gasteiger partial charge on any atom is 0.282 e. The average Bonchev–Trinajstić information content (AvgIpc) is 3.32. The first kappa shape index (κ1) is 17.5. The van der Waals surface area contributed by atoms with E-state index in [4.69, 9.17) is 0 Å². The number of rotatable bonds is 6. The topological polar surface area (TPSA) is 98.0 Å². The molecule has 0 saturated carbocycles. The molecule has 3 heterocycles. The van der Waals surface area contributed by atoms with Gasteiger partial charge in [-0.3, -0.25) is 4.79 Å². The molecule has 0 unspecified atom stereocenters. The zero-order valence-electron chi connectivity index (χ0n) is 13.7. The van der Waals surface area contributed by atoms with Gasteiger partial charge in [-0.25, -0.2) is 13.9 Å². The number of fused-ring (bicyclic) bond motifs is 1. The van der Waals surface area contributed by atoms with Crippen LogP contribution in [-0.2, 0) is 12.3 Å². The molecule has 0 aliphatic heterocycles. The van der Waals surface area contributed by atoms with Gasteiger partial charge in [0.2, 0.25) is 10.2 Å². The predicted molar refractivity (Wildman–Crippen MR) is 97.8 cm³/mol. The Morgan fingerprint density at radius 2 is 2.11 bits per heavy atom. The third-order valence-corrected chi connectivity index (χ3v) is 5.40. The summed E-state index contributed by atoms with van der Waals surface area (Å²) in [5, 5.41) is 16.5. The number of hydrogen-bond acceptors (Lipinski definition) is 8. The summed E-state index contributed by atoms with van der Waals surface area (Å²) in [6.45, 7) is 0.293. The Balaban J connectivity index is 1.33. The molecule has 0 bridgehead atoms. The lowest BCUT2D eigenvalue weighted by molar-refractivity contribution is 0.0950. The number of thioether (sulfide) groups is 1. The summed E-state index contributed by atoms with van der Waals surface area (Å²) in [5.74, 6) is 0.397. The fourth-order valence-corrected chi connectivity index (χ4v) is 3.73. The summed E-state index contributed by atoms with van der Waals surface area (Å²) >= 11 is 2.61. The first-order valence-electron chi connectivity index (χ1n) is 7.82. The molecule has 1 N–H and O–H groups in total. The smallest absolute Gasteiger partial charge is 0.282 e. The first-order valence-corrected chi connectivity index (χ1v) is 9.63. The van der Waals surface area contributed by atoms with Crippen LogP contribution in [0.2, 0.25) is 0 Å². The molecule has 8 nitrogen and oxygen atoms in total. The number of halogens is 1. The second kappa shape index (κ2) is 7.76. The highest BCUT2D eigenvalue weighted by atomic mass is 32.2. The number of carbonyl (C=O) groups is 1. The van der Waals surface area contributed by atoms with E-state index in [0.29, 0.717) is 28.2 Å². The van der Waals surface area contributed by atoms with E-state index in [9.17, 15) is 9.18 Å². The maximum absolute atomic E-state index is 12.9. The van der Waals surface area contributed by atoms with E-state index in [2.05, 4.69) is 30.6 Å². The zero-order valence-corrected chi connectivity index (χ0v) is 15.4. The molecule has 1 aromatic carbocycles. The lowest BCUT2D eigenvalue weighted by atomic mass is 10.2. The minimum absolute atomic E-state index is 0.275. The van der Waals surface area contributed by atoms with Gasteiger partial charge in [0, 0.05) is 18.9 Å². The summed E-state index contributed by atoms with van der Waals surface area (Å²) in [6, 6.07) is 7.72. The van der Waals surface area contributed by atoms with E-state index in [-0.39, 0.29) is 16.7 Å². The number of hydrogen-bond donors (Lipinski definition) is 1. The normalized spacial score (nSPS) is 11.0. The molecule has 0 aliphatic rings. The molecule has 0 fully saturated rings. The molecule has 3 aromatic heterocycles. The van der Waals surface area contributed by atoms with Crippen LogP contribution in [-0.4, -0.2) is 35.7 Å². The molecule has 0 radical (unpaired) electrons. The van der Waals surface area contributed by atoms with Gasteiger partial charge in [-0.15, -0.1) is 15.3 Å². The highest BCUT2D eigenvalue weighted by molar-refractivity contribution is 7.98. The molecule has 136 valence electrons. The van der Waals surface area contributed by atoms with Crippen LogP contribution >= 0.6 is 23.1 Å². The van der Waals surface area contributed by atoms with Crippen LogP contribution in [0.5, 0.6) is 0 Å². The fraction of sp³-hybridized carbons (Fsp3) is 0.125. The molecule has 0 aliphatic carbocycles. The van der Waals surface area contributed by atoms with Crippen molar-refractivity contribution in [3.63, 3.8) is 0 Å². The van der Waals surface area contributed by atoms with Gasteiger partial charge < -0.3 is 5.32 Å². The maximum atomic E-state index is 12.9. The number of nitrogens with one attached hydrogen (secondary N) is 1. The number of benzene rings is 1. The average molecular weight is 401 g/mol. The summed E-state index contributed by atoms with van der Waals surface area (Å²) in [4.78, 5) is 20.6. The largest absolute Gasteiger partial charge is 0.346 e. The Hall–Kier alpha value is -2.92. The molecule has 1 amide bonds. The van der Waals surface area contributed by atoms with Crippen LogP contribution in [0.4, 0.5) is 4.39 Å². The number of aromatic nitrogens is 6. The zero-order chi connectivity index (χ0) is 18.6. The van der Waals surface area contributed by atoms with Crippen molar-refractivity contribution in [2.75, 3.05) is 0 Å². The number of carbonyl (C=O) groups excluding carboxylic acids is 1. The second-order valence-corrected chi connectivity index (χ2v) is 7.36. The van der Waals surface area contributed by atoms with Crippen molar-refractivity contribution in [2.24, 2.45) is 0 Å². The summed E-state index contributed by atoms with van der Waals surface area (Å²) in [6.07, 6.45) is 3.42. The van der Waals surface area contributed by atoms with Crippen molar-refractivity contribution in [2.45, 2.75) is 17.5 Å². The molecule has 0 saturated heterocycles. The summed E-state index contributed by atoms with van der Waals surface area (Å²) in [7, 11) is 0. The van der Waals surface area contributed by atoms with Crippen LogP contribution in [0.25, 0.3) is 5.78 Å². The van der Waals surface area contributed by atoms with E-state index >= 15 is 0 Å². The highest BCUT2D eigenvalue weighted by Gasteiger charge is 2.14. The Bertz CT molecular complexity index is 1050. The molecular formula is C16H12FN7OS2. The Labute approximate surface area is 160 Å². The van der Waals surface area contributed by atoms with E-state index in [1.165, 1.54) is 35.2 Å². The van der Waals surface area contributed by atoms with Crippen LogP contribution in [0, 0.1) is 5.82 Å². The Kier molecular flexibility index (Phi) is 5.03. The van der Waals surface area contributed by atoms with Gasteiger partial charge in [0.05, 0.1) is 5.75 Å². The van der Waals surface area contributed by atoms with Gasteiger partial charge >= 0.3 is 0 Å². The molecule has 4 rings (SSSR count). The standard InChI is InChI=1S/C16H12FN7OS2/c17-11-4-2-10(3-5-11)8-19-13(25)14-22-21-12(27-14)9-26-16-20-15-18-6-1-7-24(15)23-16/h1-7H,8-9H2,(H,19,25). The molecule has 11 heteroatoms. The van der Waals surface area contributed by atoms with Crippen LogP contribution < -0.4 is 5.32 Å². The van der Waals surface area contributed by atoms with Crippen molar-refractivity contribution in [3.8, 4) is 0 Å². The molecule has 0 spiro atoms. The fourth-order valence-electron chi connectivity index (χ4n) is 2.17. The highest BCUT2D eigenvalue weighted by Crippen LogP contribution is 2.22. The molecule has 4 aromatic rings.